The summed E-state index contributed by atoms with van der Waals surface area (Å²) in [7, 11) is 1.97. The van der Waals surface area contributed by atoms with Crippen molar-refractivity contribution in [2.75, 3.05) is 0 Å². The number of hydrogen-bond donors (Lipinski definition) is 1. The van der Waals surface area contributed by atoms with E-state index in [0.717, 1.165) is 18.3 Å². The Hall–Kier alpha value is -1.27. The fourth-order valence-corrected chi connectivity index (χ4v) is 3.01. The minimum atomic E-state index is 0.375. The van der Waals surface area contributed by atoms with Crippen LogP contribution in [0.3, 0.4) is 0 Å². The maximum absolute atomic E-state index is 4.51. The molecule has 2 heterocycles. The molecule has 6 heteroatoms. The summed E-state index contributed by atoms with van der Waals surface area (Å²) in [4.78, 5) is 5.79. The van der Waals surface area contributed by atoms with Crippen molar-refractivity contribution in [1.82, 2.24) is 25.1 Å². The molecule has 0 amide bonds. The predicted octanol–water partition coefficient (Wildman–Crippen LogP) is 1.82. The smallest absolute Gasteiger partial charge is 0.146 e. The first-order valence-electron chi connectivity index (χ1n) is 6.22. The van der Waals surface area contributed by atoms with E-state index in [4.69, 9.17) is 0 Å². The molecule has 18 heavy (non-hydrogen) atoms. The van der Waals surface area contributed by atoms with Gasteiger partial charge >= 0.3 is 0 Å². The van der Waals surface area contributed by atoms with Gasteiger partial charge < -0.3 is 9.88 Å². The van der Waals surface area contributed by atoms with Crippen LogP contribution in [0.2, 0.25) is 0 Å². The monoisotopic (exact) mass is 263 g/mol. The fraction of sp³-hybridized carbons (Fsp3) is 0.583. The van der Waals surface area contributed by atoms with E-state index >= 15 is 0 Å². The van der Waals surface area contributed by atoms with Crippen molar-refractivity contribution in [3.8, 4) is 0 Å². The Morgan fingerprint density at radius 3 is 2.94 bits per heavy atom. The quantitative estimate of drug-likeness (QED) is 0.894. The molecule has 3 rings (SSSR count). The summed E-state index contributed by atoms with van der Waals surface area (Å²) in [6.45, 7) is 2.85. The van der Waals surface area contributed by atoms with Crippen molar-refractivity contribution in [2.45, 2.75) is 32.4 Å². The lowest BCUT2D eigenvalue weighted by Crippen LogP contribution is -2.24. The van der Waals surface area contributed by atoms with Crippen molar-refractivity contribution >= 4 is 11.3 Å². The molecular formula is C12H17N5S. The number of aryl methyl sites for hydroxylation is 2. The predicted molar refractivity (Wildman–Crippen MR) is 70.2 cm³/mol. The van der Waals surface area contributed by atoms with Crippen LogP contribution in [-0.4, -0.2) is 19.7 Å². The van der Waals surface area contributed by atoms with Crippen LogP contribution in [-0.2, 0) is 13.6 Å². The van der Waals surface area contributed by atoms with Crippen molar-refractivity contribution in [1.29, 1.82) is 0 Å². The highest BCUT2D eigenvalue weighted by atomic mass is 32.1. The first kappa shape index (κ1) is 11.8. The maximum atomic E-state index is 4.51. The summed E-state index contributed by atoms with van der Waals surface area (Å²) in [6, 6.07) is 0.375. The van der Waals surface area contributed by atoms with Crippen molar-refractivity contribution in [3.05, 3.63) is 28.2 Å². The zero-order valence-corrected chi connectivity index (χ0v) is 11.4. The number of rotatable bonds is 5. The third kappa shape index (κ3) is 2.44. The van der Waals surface area contributed by atoms with Gasteiger partial charge in [0.05, 0.1) is 12.6 Å². The summed E-state index contributed by atoms with van der Waals surface area (Å²) in [6.07, 6.45) is 6.29. The number of hydrogen-bond acceptors (Lipinski definition) is 5. The third-order valence-electron chi connectivity index (χ3n) is 3.28. The highest BCUT2D eigenvalue weighted by Crippen LogP contribution is 2.42. The molecule has 1 aliphatic carbocycles. The van der Waals surface area contributed by atoms with Gasteiger partial charge in [-0.15, -0.1) is 21.5 Å². The standard InChI is InChI=1S/C12H17N5S/c1-8-5-14-12(18-8)11(9-3-4-9)13-6-10-16-15-7-17(10)2/h5,7,9,11,13H,3-4,6H2,1-2H3/t11-/m1/s1. The van der Waals surface area contributed by atoms with E-state index in [1.807, 2.05) is 17.8 Å². The summed E-state index contributed by atoms with van der Waals surface area (Å²) in [5.74, 6) is 1.71. The molecule has 0 bridgehead atoms. The molecule has 1 fully saturated rings. The van der Waals surface area contributed by atoms with E-state index in [1.165, 1.54) is 22.7 Å². The van der Waals surface area contributed by atoms with Gasteiger partial charge in [-0.1, -0.05) is 0 Å². The molecule has 2 aromatic heterocycles. The van der Waals surface area contributed by atoms with Crippen LogP contribution in [0, 0.1) is 12.8 Å². The van der Waals surface area contributed by atoms with Gasteiger partial charge in [-0.2, -0.15) is 0 Å². The molecule has 96 valence electrons. The molecule has 1 N–H and O–H groups in total. The molecular weight excluding hydrogens is 246 g/mol. The molecule has 0 unspecified atom stereocenters. The van der Waals surface area contributed by atoms with Crippen LogP contribution >= 0.6 is 11.3 Å². The van der Waals surface area contributed by atoms with E-state index in [2.05, 4.69) is 27.4 Å². The van der Waals surface area contributed by atoms with Crippen molar-refractivity contribution in [2.24, 2.45) is 13.0 Å². The molecule has 5 nitrogen and oxygen atoms in total. The second-order valence-corrected chi connectivity index (χ2v) is 6.13. The van der Waals surface area contributed by atoms with Gasteiger partial charge in [0.2, 0.25) is 0 Å². The van der Waals surface area contributed by atoms with E-state index < -0.39 is 0 Å². The molecule has 0 aromatic carbocycles. The third-order valence-corrected chi connectivity index (χ3v) is 4.28. The topological polar surface area (TPSA) is 55.6 Å². The van der Waals surface area contributed by atoms with Gasteiger partial charge in [0.1, 0.15) is 17.2 Å². The average molecular weight is 263 g/mol. The Bertz CT molecular complexity index is 528. The Balaban J connectivity index is 1.70. The summed E-state index contributed by atoms with van der Waals surface area (Å²) >= 11 is 1.79. The number of aromatic nitrogens is 4. The molecule has 1 atom stereocenters. The SMILES string of the molecule is Cc1cnc([C@H](NCc2nncn2C)C2CC2)s1. The average Bonchev–Trinajstić information content (AvgIpc) is 2.97. The van der Waals surface area contributed by atoms with Gasteiger partial charge in [-0.05, 0) is 25.7 Å². The van der Waals surface area contributed by atoms with Crippen molar-refractivity contribution in [3.63, 3.8) is 0 Å². The second kappa shape index (κ2) is 4.78. The first-order valence-corrected chi connectivity index (χ1v) is 7.04. The molecule has 2 aromatic rings. The van der Waals surface area contributed by atoms with E-state index in [9.17, 15) is 0 Å². The Morgan fingerprint density at radius 1 is 1.56 bits per heavy atom. The van der Waals surface area contributed by atoms with Crippen molar-refractivity contribution < 1.29 is 0 Å². The van der Waals surface area contributed by atoms with Crippen LogP contribution in [0.15, 0.2) is 12.5 Å². The molecule has 1 aliphatic rings. The largest absolute Gasteiger partial charge is 0.320 e. The molecule has 0 radical (unpaired) electrons. The lowest BCUT2D eigenvalue weighted by atomic mass is 10.2. The lowest BCUT2D eigenvalue weighted by molar-refractivity contribution is 0.465. The Labute approximate surface area is 110 Å². The number of nitrogens with one attached hydrogen (secondary N) is 1. The minimum absolute atomic E-state index is 0.375. The number of thiazole rings is 1. The highest BCUT2D eigenvalue weighted by molar-refractivity contribution is 7.11. The zero-order valence-electron chi connectivity index (χ0n) is 10.6. The highest BCUT2D eigenvalue weighted by Gasteiger charge is 2.33. The van der Waals surface area contributed by atoms with Gasteiger partial charge in [0, 0.05) is 18.1 Å². The molecule has 0 aliphatic heterocycles. The second-order valence-electron chi connectivity index (χ2n) is 4.86. The van der Waals surface area contributed by atoms with Crippen LogP contribution in [0.1, 0.15) is 34.6 Å². The summed E-state index contributed by atoms with van der Waals surface area (Å²) < 4.78 is 1.95. The van der Waals surface area contributed by atoms with Gasteiger partial charge in [-0.3, -0.25) is 0 Å². The number of nitrogens with zero attached hydrogens (tertiary/aromatic N) is 4. The Morgan fingerprint density at radius 2 is 2.39 bits per heavy atom. The molecule has 0 spiro atoms. The lowest BCUT2D eigenvalue weighted by Gasteiger charge is -2.15. The molecule has 0 saturated heterocycles. The fourth-order valence-electron chi connectivity index (χ4n) is 2.07. The van der Waals surface area contributed by atoms with Crippen LogP contribution in [0.25, 0.3) is 0 Å². The zero-order chi connectivity index (χ0) is 12.5. The first-order chi connectivity index (χ1) is 8.74. The van der Waals surface area contributed by atoms with E-state index in [1.54, 1.807) is 17.7 Å². The van der Waals surface area contributed by atoms with Crippen LogP contribution < -0.4 is 5.32 Å². The minimum Gasteiger partial charge on any atom is -0.320 e. The van der Waals surface area contributed by atoms with Gasteiger partial charge in [-0.25, -0.2) is 4.98 Å². The normalized spacial score (nSPS) is 17.0. The van der Waals surface area contributed by atoms with Crippen LogP contribution in [0.4, 0.5) is 0 Å². The van der Waals surface area contributed by atoms with Crippen LogP contribution in [0.5, 0.6) is 0 Å². The maximum Gasteiger partial charge on any atom is 0.146 e. The Kier molecular flexibility index (Phi) is 3.13. The van der Waals surface area contributed by atoms with Gasteiger partial charge in [0.15, 0.2) is 0 Å². The van der Waals surface area contributed by atoms with Gasteiger partial charge in [0.25, 0.3) is 0 Å². The van der Waals surface area contributed by atoms with E-state index in [-0.39, 0.29) is 0 Å². The molecule has 1 saturated carbocycles. The van der Waals surface area contributed by atoms with E-state index in [0.29, 0.717) is 6.04 Å². The summed E-state index contributed by atoms with van der Waals surface area (Å²) in [5.41, 5.74) is 0. The summed E-state index contributed by atoms with van der Waals surface area (Å²) in [5, 5.41) is 12.8.